The zero-order valence-corrected chi connectivity index (χ0v) is 14.8. The highest BCUT2D eigenvalue weighted by Gasteiger charge is 2.23. The lowest BCUT2D eigenvalue weighted by atomic mass is 9.95. The van der Waals surface area contributed by atoms with Crippen molar-refractivity contribution in [2.75, 3.05) is 13.7 Å². The number of nitrogens with one attached hydrogen (secondary N) is 1. The van der Waals surface area contributed by atoms with E-state index < -0.39 is 0 Å². The maximum absolute atomic E-state index is 5.80. The first-order valence-electron chi connectivity index (χ1n) is 7.12. The zero-order chi connectivity index (χ0) is 15.6. The molecular formula is C17H22BrNO2. The zero-order valence-electron chi connectivity index (χ0n) is 13.2. The molecule has 4 heteroatoms. The largest absolute Gasteiger partial charge is 0.497 e. The molecule has 1 N–H and O–H groups in total. The van der Waals surface area contributed by atoms with Gasteiger partial charge in [-0.2, -0.15) is 0 Å². The van der Waals surface area contributed by atoms with E-state index in [0.717, 1.165) is 28.3 Å². The lowest BCUT2D eigenvalue weighted by molar-refractivity contribution is 0.414. The van der Waals surface area contributed by atoms with Gasteiger partial charge in [-0.3, -0.25) is 0 Å². The number of methoxy groups -OCH3 is 1. The Morgan fingerprint density at radius 2 is 1.95 bits per heavy atom. The Morgan fingerprint density at radius 3 is 2.43 bits per heavy atom. The highest BCUT2D eigenvalue weighted by molar-refractivity contribution is 9.10. The lowest BCUT2D eigenvalue weighted by Gasteiger charge is -2.21. The van der Waals surface area contributed by atoms with Crippen molar-refractivity contribution in [3.63, 3.8) is 0 Å². The molecule has 0 saturated heterocycles. The van der Waals surface area contributed by atoms with Crippen molar-refractivity contribution in [2.45, 2.75) is 33.7 Å². The fraction of sp³-hybridized carbons (Fsp3) is 0.412. The molecule has 0 spiro atoms. The number of aryl methyl sites for hydroxylation is 2. The predicted molar refractivity (Wildman–Crippen MR) is 89.1 cm³/mol. The van der Waals surface area contributed by atoms with Crippen LogP contribution in [0.5, 0.6) is 5.75 Å². The van der Waals surface area contributed by atoms with Crippen LogP contribution in [0, 0.1) is 20.8 Å². The first-order chi connectivity index (χ1) is 9.99. The molecule has 1 unspecified atom stereocenters. The second-order valence-corrected chi connectivity index (χ2v) is 5.99. The minimum atomic E-state index is 0.104. The minimum absolute atomic E-state index is 0.104. The van der Waals surface area contributed by atoms with Crippen molar-refractivity contribution >= 4 is 15.9 Å². The monoisotopic (exact) mass is 351 g/mol. The Balaban J connectivity index is 2.53. The van der Waals surface area contributed by atoms with E-state index in [9.17, 15) is 0 Å². The van der Waals surface area contributed by atoms with Crippen molar-refractivity contribution in [2.24, 2.45) is 0 Å². The predicted octanol–water partition coefficient (Wildman–Crippen LogP) is 4.67. The molecule has 0 saturated carbocycles. The molecule has 21 heavy (non-hydrogen) atoms. The third-order valence-electron chi connectivity index (χ3n) is 3.83. The molecule has 1 heterocycles. The Morgan fingerprint density at radius 1 is 1.24 bits per heavy atom. The van der Waals surface area contributed by atoms with E-state index in [2.05, 4.69) is 41.2 Å². The molecule has 3 nitrogen and oxygen atoms in total. The molecule has 2 rings (SSSR count). The van der Waals surface area contributed by atoms with Crippen molar-refractivity contribution in [3.05, 3.63) is 50.9 Å². The molecule has 0 amide bonds. The maximum Gasteiger partial charge on any atom is 0.120 e. The summed E-state index contributed by atoms with van der Waals surface area (Å²) in [5.74, 6) is 2.80. The summed E-state index contributed by atoms with van der Waals surface area (Å²) >= 11 is 3.66. The molecule has 0 aliphatic carbocycles. The molecule has 2 aromatic rings. The third-order valence-corrected chi connectivity index (χ3v) is 4.52. The molecule has 0 aliphatic rings. The molecule has 1 aromatic heterocycles. The molecule has 0 radical (unpaired) electrons. The fourth-order valence-electron chi connectivity index (χ4n) is 2.68. The normalized spacial score (nSPS) is 12.5. The molecule has 0 bridgehead atoms. The number of hydrogen-bond donors (Lipinski definition) is 1. The molecule has 114 valence electrons. The highest BCUT2D eigenvalue weighted by Crippen LogP contribution is 2.36. The van der Waals surface area contributed by atoms with Crippen molar-refractivity contribution in [3.8, 4) is 5.75 Å². The van der Waals surface area contributed by atoms with Gasteiger partial charge < -0.3 is 14.5 Å². The smallest absolute Gasteiger partial charge is 0.120 e. The van der Waals surface area contributed by atoms with Crippen LogP contribution >= 0.6 is 15.9 Å². The van der Waals surface area contributed by atoms with Crippen LogP contribution in [0.1, 0.15) is 41.2 Å². The van der Waals surface area contributed by atoms with Crippen LogP contribution < -0.4 is 10.1 Å². The van der Waals surface area contributed by atoms with Gasteiger partial charge in [0.25, 0.3) is 0 Å². The summed E-state index contributed by atoms with van der Waals surface area (Å²) in [6.45, 7) is 9.15. The van der Waals surface area contributed by atoms with E-state index in [1.807, 2.05) is 26.0 Å². The quantitative estimate of drug-likeness (QED) is 0.849. The summed E-state index contributed by atoms with van der Waals surface area (Å²) in [7, 11) is 1.68. The van der Waals surface area contributed by atoms with Gasteiger partial charge in [-0.15, -0.1) is 0 Å². The molecule has 1 aromatic carbocycles. The van der Waals surface area contributed by atoms with Gasteiger partial charge in [0.05, 0.1) is 13.2 Å². The number of halogens is 1. The lowest BCUT2D eigenvalue weighted by Crippen LogP contribution is -2.23. The van der Waals surface area contributed by atoms with Gasteiger partial charge in [0.1, 0.15) is 17.3 Å². The minimum Gasteiger partial charge on any atom is -0.497 e. The standard InChI is InChI=1S/C17H22BrNO2/c1-6-19-17(16-10(2)11(3)21-12(16)4)14-8-7-13(20-5)9-15(14)18/h7-9,17,19H,6H2,1-5H3. The van der Waals surface area contributed by atoms with Crippen LogP contribution in [0.4, 0.5) is 0 Å². The number of furan rings is 1. The summed E-state index contributed by atoms with van der Waals surface area (Å²) in [4.78, 5) is 0. The summed E-state index contributed by atoms with van der Waals surface area (Å²) in [6.07, 6.45) is 0. The Bertz CT molecular complexity index is 634. The number of hydrogen-bond acceptors (Lipinski definition) is 3. The molecule has 0 aliphatic heterocycles. The number of benzene rings is 1. The number of ether oxygens (including phenoxy) is 1. The average Bonchev–Trinajstić information content (AvgIpc) is 2.70. The van der Waals surface area contributed by atoms with Gasteiger partial charge in [0, 0.05) is 10.0 Å². The number of rotatable bonds is 5. The Kier molecular flexibility index (Phi) is 5.12. The third kappa shape index (κ3) is 3.16. The van der Waals surface area contributed by atoms with Crippen LogP contribution in [0.3, 0.4) is 0 Å². The van der Waals surface area contributed by atoms with Crippen molar-refractivity contribution in [1.82, 2.24) is 5.32 Å². The molecule has 1 atom stereocenters. The Hall–Kier alpha value is -1.26. The van der Waals surface area contributed by atoms with Crippen LogP contribution in [0.15, 0.2) is 27.1 Å². The van der Waals surface area contributed by atoms with E-state index in [-0.39, 0.29) is 6.04 Å². The van der Waals surface area contributed by atoms with Crippen LogP contribution in [-0.4, -0.2) is 13.7 Å². The van der Waals surface area contributed by atoms with Crippen molar-refractivity contribution in [1.29, 1.82) is 0 Å². The maximum atomic E-state index is 5.80. The van der Waals surface area contributed by atoms with Gasteiger partial charge in [-0.1, -0.05) is 28.9 Å². The van der Waals surface area contributed by atoms with Gasteiger partial charge in [-0.05, 0) is 50.6 Å². The van der Waals surface area contributed by atoms with E-state index in [1.54, 1.807) is 7.11 Å². The van der Waals surface area contributed by atoms with Gasteiger partial charge >= 0.3 is 0 Å². The molecule has 0 fully saturated rings. The van der Waals surface area contributed by atoms with Crippen molar-refractivity contribution < 1.29 is 9.15 Å². The summed E-state index contributed by atoms with van der Waals surface area (Å²) in [5, 5.41) is 3.56. The van der Waals surface area contributed by atoms with Gasteiger partial charge in [0.2, 0.25) is 0 Å². The fourth-order valence-corrected chi connectivity index (χ4v) is 3.26. The summed E-state index contributed by atoms with van der Waals surface area (Å²) in [5.41, 5.74) is 3.62. The average molecular weight is 352 g/mol. The van der Waals surface area contributed by atoms with Crippen LogP contribution in [0.25, 0.3) is 0 Å². The van der Waals surface area contributed by atoms with E-state index >= 15 is 0 Å². The summed E-state index contributed by atoms with van der Waals surface area (Å²) in [6, 6.07) is 6.18. The van der Waals surface area contributed by atoms with E-state index in [0.29, 0.717) is 0 Å². The molecular weight excluding hydrogens is 330 g/mol. The van der Waals surface area contributed by atoms with E-state index in [1.165, 1.54) is 16.7 Å². The van der Waals surface area contributed by atoms with E-state index in [4.69, 9.17) is 9.15 Å². The van der Waals surface area contributed by atoms with Gasteiger partial charge in [-0.25, -0.2) is 0 Å². The highest BCUT2D eigenvalue weighted by atomic mass is 79.9. The van der Waals surface area contributed by atoms with Crippen LogP contribution in [0.2, 0.25) is 0 Å². The topological polar surface area (TPSA) is 34.4 Å². The van der Waals surface area contributed by atoms with Crippen LogP contribution in [-0.2, 0) is 0 Å². The summed E-state index contributed by atoms with van der Waals surface area (Å²) < 4.78 is 12.1. The first kappa shape index (κ1) is 16.1. The van der Waals surface area contributed by atoms with Gasteiger partial charge in [0.15, 0.2) is 0 Å². The first-order valence-corrected chi connectivity index (χ1v) is 7.92. The second-order valence-electron chi connectivity index (χ2n) is 5.13. The Labute approximate surface area is 134 Å². The SMILES string of the molecule is CCNC(c1ccc(OC)cc1Br)c1c(C)oc(C)c1C. The second kappa shape index (κ2) is 6.67.